The quantitative estimate of drug-likeness (QED) is 0.255. The lowest BCUT2D eigenvalue weighted by Crippen LogP contribution is -2.31. The second-order valence-electron chi connectivity index (χ2n) is 10.6. The summed E-state index contributed by atoms with van der Waals surface area (Å²) in [4.78, 5) is 24.6. The average molecular weight is 551 g/mol. The summed E-state index contributed by atoms with van der Waals surface area (Å²) in [6.45, 7) is 4.11. The Bertz CT molecular complexity index is 1510. The van der Waals surface area contributed by atoms with Crippen molar-refractivity contribution in [3.05, 3.63) is 88.7 Å². The summed E-state index contributed by atoms with van der Waals surface area (Å²) in [5.74, 6) is -0.595. The maximum absolute atomic E-state index is 14.0. The molecule has 0 aliphatic carbocycles. The van der Waals surface area contributed by atoms with Gasteiger partial charge in [0.15, 0.2) is 0 Å². The monoisotopic (exact) mass is 550 g/mol. The molecule has 1 aliphatic heterocycles. The second kappa shape index (κ2) is 11.3. The highest BCUT2D eigenvalue weighted by molar-refractivity contribution is 6.04. The summed E-state index contributed by atoms with van der Waals surface area (Å²) in [5.41, 5.74) is 3.44. The summed E-state index contributed by atoms with van der Waals surface area (Å²) >= 11 is 0. The zero-order chi connectivity index (χ0) is 28.4. The predicted molar refractivity (Wildman–Crippen MR) is 151 cm³/mol. The molecule has 1 amide bonds. The number of carbonyl (C=O) groups excluding carboxylic acids is 1. The van der Waals surface area contributed by atoms with Gasteiger partial charge in [-0.1, -0.05) is 12.1 Å². The van der Waals surface area contributed by atoms with Crippen LogP contribution in [0.25, 0.3) is 11.0 Å². The lowest BCUT2D eigenvalue weighted by molar-refractivity contribution is -0.138. The standard InChI is InChI=1S/C30H33F3N6O/c1-19-4-7-24(14-27(19)35-15-20-12-21-8-10-34-28(21)36-16-20)37-29(40)22-5-6-23(26(13-22)30(31,32)33)17-39-11-9-25(18-39)38(2)3/h4-8,10,12-14,16,25,35H,9,11,15,17-18H2,1-3H3,(H,34,36)(H,37,40). The number of fused-ring (bicyclic) bond motifs is 1. The predicted octanol–water partition coefficient (Wildman–Crippen LogP) is 5.89. The number of hydrogen-bond donors (Lipinski definition) is 3. The first-order valence-electron chi connectivity index (χ1n) is 13.2. The summed E-state index contributed by atoms with van der Waals surface area (Å²) in [5, 5.41) is 7.13. The number of aryl methyl sites for hydroxylation is 1. The number of alkyl halides is 3. The van der Waals surface area contributed by atoms with Gasteiger partial charge in [0.2, 0.25) is 0 Å². The summed E-state index contributed by atoms with van der Waals surface area (Å²) in [6, 6.07) is 13.6. The van der Waals surface area contributed by atoms with E-state index < -0.39 is 17.6 Å². The topological polar surface area (TPSA) is 76.3 Å². The first kappa shape index (κ1) is 27.7. The fraction of sp³-hybridized carbons (Fsp3) is 0.333. The van der Waals surface area contributed by atoms with Crippen LogP contribution in [-0.4, -0.2) is 58.9 Å². The third kappa shape index (κ3) is 6.29. The van der Waals surface area contributed by atoms with Crippen LogP contribution < -0.4 is 10.6 Å². The number of amides is 1. The number of likely N-dealkylation sites (tertiary alicyclic amines) is 1. The van der Waals surface area contributed by atoms with Gasteiger partial charge in [0, 0.05) is 66.9 Å². The molecule has 1 saturated heterocycles. The molecule has 4 aromatic rings. The van der Waals surface area contributed by atoms with Gasteiger partial charge in [0.25, 0.3) is 5.91 Å². The summed E-state index contributed by atoms with van der Waals surface area (Å²) in [7, 11) is 3.97. The zero-order valence-electron chi connectivity index (χ0n) is 22.8. The number of aromatic amines is 1. The molecule has 1 aliphatic rings. The smallest absolute Gasteiger partial charge is 0.381 e. The molecule has 7 nitrogen and oxygen atoms in total. The van der Waals surface area contributed by atoms with Crippen LogP contribution in [0, 0.1) is 6.92 Å². The van der Waals surface area contributed by atoms with E-state index >= 15 is 0 Å². The summed E-state index contributed by atoms with van der Waals surface area (Å²) < 4.78 is 42.0. The maximum Gasteiger partial charge on any atom is 0.416 e. The van der Waals surface area contributed by atoms with Gasteiger partial charge in [-0.05, 0) is 80.5 Å². The highest BCUT2D eigenvalue weighted by Gasteiger charge is 2.35. The van der Waals surface area contributed by atoms with E-state index in [0.717, 1.165) is 46.9 Å². The molecule has 2 aromatic carbocycles. The number of aromatic nitrogens is 2. The van der Waals surface area contributed by atoms with Crippen molar-refractivity contribution in [3.8, 4) is 0 Å². The van der Waals surface area contributed by atoms with Crippen LogP contribution in [0.4, 0.5) is 24.5 Å². The Morgan fingerprint density at radius 2 is 1.98 bits per heavy atom. The normalized spacial score (nSPS) is 16.1. The molecular weight excluding hydrogens is 517 g/mol. The number of nitrogens with one attached hydrogen (secondary N) is 3. The van der Waals surface area contributed by atoms with Crippen molar-refractivity contribution in [1.82, 2.24) is 19.8 Å². The fourth-order valence-electron chi connectivity index (χ4n) is 5.11. The van der Waals surface area contributed by atoms with Gasteiger partial charge in [0.05, 0.1) is 5.56 Å². The number of anilines is 2. The Kier molecular flexibility index (Phi) is 7.82. The molecule has 40 heavy (non-hydrogen) atoms. The van der Waals surface area contributed by atoms with Crippen molar-refractivity contribution in [2.45, 2.75) is 38.7 Å². The molecule has 3 N–H and O–H groups in total. The van der Waals surface area contributed by atoms with Crippen LogP contribution in [0.5, 0.6) is 0 Å². The van der Waals surface area contributed by atoms with Gasteiger partial charge in [-0.2, -0.15) is 13.2 Å². The van der Waals surface area contributed by atoms with Gasteiger partial charge in [-0.25, -0.2) is 4.98 Å². The lowest BCUT2D eigenvalue weighted by atomic mass is 10.0. The number of benzene rings is 2. The van der Waals surface area contributed by atoms with E-state index in [1.54, 1.807) is 18.3 Å². The van der Waals surface area contributed by atoms with Crippen molar-refractivity contribution in [1.29, 1.82) is 0 Å². The third-order valence-corrected chi connectivity index (χ3v) is 7.48. The Hall–Kier alpha value is -3.89. The number of likely N-dealkylation sites (N-methyl/N-ethyl adjacent to an activating group) is 1. The molecule has 0 saturated carbocycles. The van der Waals surface area contributed by atoms with E-state index in [-0.39, 0.29) is 17.7 Å². The van der Waals surface area contributed by atoms with Crippen LogP contribution >= 0.6 is 0 Å². The minimum Gasteiger partial charge on any atom is -0.381 e. The minimum atomic E-state index is -4.56. The Labute approximate surface area is 231 Å². The Morgan fingerprint density at radius 1 is 1.15 bits per heavy atom. The van der Waals surface area contributed by atoms with Crippen molar-refractivity contribution < 1.29 is 18.0 Å². The molecule has 1 unspecified atom stereocenters. The average Bonchev–Trinajstić information content (AvgIpc) is 3.58. The highest BCUT2D eigenvalue weighted by atomic mass is 19.4. The van der Waals surface area contributed by atoms with E-state index in [4.69, 9.17) is 0 Å². The van der Waals surface area contributed by atoms with Crippen molar-refractivity contribution in [2.75, 3.05) is 37.8 Å². The van der Waals surface area contributed by atoms with Gasteiger partial charge in [0.1, 0.15) is 5.65 Å². The van der Waals surface area contributed by atoms with Crippen LogP contribution in [0.1, 0.15) is 39.0 Å². The van der Waals surface area contributed by atoms with Crippen LogP contribution in [0.2, 0.25) is 0 Å². The number of halogens is 3. The molecule has 0 spiro atoms. The van der Waals surface area contributed by atoms with Gasteiger partial charge in [-0.15, -0.1) is 0 Å². The van der Waals surface area contributed by atoms with E-state index in [2.05, 4.69) is 25.5 Å². The SMILES string of the molecule is Cc1ccc(NC(=O)c2ccc(CN3CCC(N(C)C)C3)c(C(F)(F)F)c2)cc1NCc1cnc2[nH]ccc2c1. The molecule has 10 heteroatoms. The van der Waals surface area contributed by atoms with Crippen molar-refractivity contribution >= 4 is 28.3 Å². The molecule has 3 heterocycles. The maximum atomic E-state index is 14.0. The molecule has 2 aromatic heterocycles. The number of nitrogens with zero attached hydrogens (tertiary/aromatic N) is 3. The number of pyridine rings is 1. The van der Waals surface area contributed by atoms with E-state index in [1.807, 2.05) is 50.3 Å². The number of carbonyl (C=O) groups is 1. The van der Waals surface area contributed by atoms with Crippen LogP contribution in [0.3, 0.4) is 0 Å². The zero-order valence-corrected chi connectivity index (χ0v) is 22.8. The van der Waals surface area contributed by atoms with Crippen molar-refractivity contribution in [3.63, 3.8) is 0 Å². The second-order valence-corrected chi connectivity index (χ2v) is 10.6. The van der Waals surface area contributed by atoms with E-state index in [1.165, 1.54) is 12.1 Å². The van der Waals surface area contributed by atoms with Crippen LogP contribution in [0.15, 0.2) is 60.9 Å². The molecule has 5 rings (SSSR count). The first-order valence-corrected chi connectivity index (χ1v) is 13.2. The molecule has 210 valence electrons. The summed E-state index contributed by atoms with van der Waals surface area (Å²) in [6.07, 6.45) is -0.0177. The minimum absolute atomic E-state index is 0.0374. The van der Waals surface area contributed by atoms with E-state index in [0.29, 0.717) is 24.8 Å². The number of H-pyrrole nitrogens is 1. The third-order valence-electron chi connectivity index (χ3n) is 7.48. The molecule has 1 atom stereocenters. The lowest BCUT2D eigenvalue weighted by Gasteiger charge is -2.22. The fourth-order valence-corrected chi connectivity index (χ4v) is 5.11. The molecule has 1 fully saturated rings. The number of hydrogen-bond acceptors (Lipinski definition) is 5. The van der Waals surface area contributed by atoms with E-state index in [9.17, 15) is 18.0 Å². The first-order chi connectivity index (χ1) is 19.1. The molecule has 0 bridgehead atoms. The number of rotatable bonds is 8. The van der Waals surface area contributed by atoms with Gasteiger partial charge < -0.3 is 20.5 Å². The molecule has 0 radical (unpaired) electrons. The Morgan fingerprint density at radius 3 is 2.73 bits per heavy atom. The van der Waals surface area contributed by atoms with Gasteiger partial charge >= 0.3 is 6.18 Å². The molecular formula is C30H33F3N6O. The Balaban J connectivity index is 1.28. The van der Waals surface area contributed by atoms with Crippen molar-refractivity contribution in [2.24, 2.45) is 0 Å². The largest absolute Gasteiger partial charge is 0.416 e. The van der Waals surface area contributed by atoms with Crippen LogP contribution in [-0.2, 0) is 19.3 Å². The van der Waals surface area contributed by atoms with Gasteiger partial charge in [-0.3, -0.25) is 9.69 Å². The highest BCUT2D eigenvalue weighted by Crippen LogP contribution is 2.34.